The Morgan fingerprint density at radius 2 is 2.05 bits per heavy atom. The van der Waals surface area contributed by atoms with E-state index in [9.17, 15) is 4.79 Å². The molecule has 1 aliphatic rings. The average molecular weight is 308 g/mol. The van der Waals surface area contributed by atoms with Gasteiger partial charge >= 0.3 is 5.97 Å². The summed E-state index contributed by atoms with van der Waals surface area (Å²) in [6.07, 6.45) is 5.01. The topological polar surface area (TPSA) is 76.6 Å². The van der Waals surface area contributed by atoms with Crippen LogP contribution in [0, 0.1) is 5.41 Å². The number of carbonyl (C=O) groups excluding carboxylic acids is 1. The van der Waals surface area contributed by atoms with E-state index in [-0.39, 0.29) is 11.1 Å². The normalized spacial score (nSPS) is 17.3. The summed E-state index contributed by atoms with van der Waals surface area (Å²) < 4.78 is 10.2. The van der Waals surface area contributed by atoms with Crippen LogP contribution in [0.25, 0.3) is 0 Å². The molecule has 1 aromatic rings. The molecule has 0 bridgehead atoms. The van der Waals surface area contributed by atoms with Crippen molar-refractivity contribution >= 4 is 11.8 Å². The maximum Gasteiger partial charge on any atom is 0.360 e. The van der Waals surface area contributed by atoms with Crippen LogP contribution in [-0.2, 0) is 9.47 Å². The van der Waals surface area contributed by atoms with E-state index in [2.05, 4.69) is 34.3 Å². The minimum absolute atomic E-state index is 0.104. The van der Waals surface area contributed by atoms with Crippen molar-refractivity contribution in [1.82, 2.24) is 14.9 Å². The molecule has 122 valence electrons. The van der Waals surface area contributed by atoms with E-state index >= 15 is 0 Å². The van der Waals surface area contributed by atoms with Gasteiger partial charge in [0.15, 0.2) is 11.5 Å². The third-order valence-electron chi connectivity index (χ3n) is 3.91. The van der Waals surface area contributed by atoms with Gasteiger partial charge in [-0.15, -0.1) is 0 Å². The molecule has 0 radical (unpaired) electrons. The van der Waals surface area contributed by atoms with E-state index in [1.807, 2.05) is 0 Å². The van der Waals surface area contributed by atoms with E-state index in [1.165, 1.54) is 13.3 Å². The van der Waals surface area contributed by atoms with Crippen molar-refractivity contribution in [3.8, 4) is 0 Å². The Kier molecular flexibility index (Phi) is 5.68. The summed E-state index contributed by atoms with van der Waals surface area (Å²) in [7, 11) is 5.48. The summed E-state index contributed by atoms with van der Waals surface area (Å²) in [5, 5.41) is 3.29. The molecule has 0 aromatic carbocycles. The Labute approximate surface area is 131 Å². The fourth-order valence-corrected chi connectivity index (χ4v) is 2.85. The van der Waals surface area contributed by atoms with Crippen LogP contribution in [-0.4, -0.2) is 68.3 Å². The lowest BCUT2D eigenvalue weighted by Gasteiger charge is -2.39. The molecule has 0 aliphatic carbocycles. The first-order valence-electron chi connectivity index (χ1n) is 7.42. The van der Waals surface area contributed by atoms with Crippen LogP contribution in [0.15, 0.2) is 12.4 Å². The minimum Gasteiger partial charge on any atom is -0.464 e. The molecule has 0 atom stereocenters. The molecule has 0 saturated carbocycles. The van der Waals surface area contributed by atoms with Gasteiger partial charge in [-0.2, -0.15) is 0 Å². The van der Waals surface area contributed by atoms with Crippen LogP contribution in [0.3, 0.4) is 0 Å². The largest absolute Gasteiger partial charge is 0.464 e. The van der Waals surface area contributed by atoms with Gasteiger partial charge in [0.25, 0.3) is 0 Å². The number of hydrogen-bond acceptors (Lipinski definition) is 7. The Morgan fingerprint density at radius 3 is 2.68 bits per heavy atom. The molecule has 0 spiro atoms. The lowest BCUT2D eigenvalue weighted by molar-refractivity contribution is 0.00898. The number of rotatable bonds is 6. The highest BCUT2D eigenvalue weighted by atomic mass is 16.5. The highest BCUT2D eigenvalue weighted by Crippen LogP contribution is 2.31. The Balaban J connectivity index is 2.11. The van der Waals surface area contributed by atoms with Crippen molar-refractivity contribution in [2.24, 2.45) is 5.41 Å². The van der Waals surface area contributed by atoms with Gasteiger partial charge in [-0.25, -0.2) is 14.8 Å². The number of anilines is 1. The first-order valence-corrected chi connectivity index (χ1v) is 7.42. The first-order chi connectivity index (χ1) is 10.6. The van der Waals surface area contributed by atoms with Gasteiger partial charge in [0.05, 0.1) is 7.11 Å². The number of esters is 1. The molecular weight excluding hydrogens is 284 g/mol. The summed E-state index contributed by atoms with van der Waals surface area (Å²) >= 11 is 0. The van der Waals surface area contributed by atoms with Crippen LogP contribution < -0.4 is 5.32 Å². The second kappa shape index (κ2) is 7.51. The smallest absolute Gasteiger partial charge is 0.360 e. The number of carbonyl (C=O) groups is 1. The molecule has 1 fully saturated rings. The van der Waals surface area contributed by atoms with Gasteiger partial charge in [0, 0.05) is 44.1 Å². The predicted molar refractivity (Wildman–Crippen MR) is 82.9 cm³/mol. The quantitative estimate of drug-likeness (QED) is 0.787. The first kappa shape index (κ1) is 16.6. The summed E-state index contributed by atoms with van der Waals surface area (Å²) in [6, 6.07) is 0. The van der Waals surface area contributed by atoms with E-state index < -0.39 is 5.97 Å². The average Bonchev–Trinajstić information content (AvgIpc) is 2.53. The number of nitrogens with one attached hydrogen (secondary N) is 1. The molecule has 2 heterocycles. The van der Waals surface area contributed by atoms with Crippen LogP contribution >= 0.6 is 0 Å². The maximum atomic E-state index is 11.8. The Hall–Kier alpha value is -1.73. The highest BCUT2D eigenvalue weighted by molar-refractivity contribution is 5.92. The van der Waals surface area contributed by atoms with Gasteiger partial charge in [-0.1, -0.05) is 0 Å². The van der Waals surface area contributed by atoms with Gasteiger partial charge in [-0.05, 0) is 26.9 Å². The zero-order chi connectivity index (χ0) is 16.0. The second-order valence-corrected chi connectivity index (χ2v) is 5.95. The second-order valence-electron chi connectivity index (χ2n) is 5.95. The number of hydrogen-bond donors (Lipinski definition) is 1. The number of ether oxygens (including phenoxy) is 2. The van der Waals surface area contributed by atoms with Crippen molar-refractivity contribution in [1.29, 1.82) is 0 Å². The third-order valence-corrected chi connectivity index (χ3v) is 3.91. The fourth-order valence-electron chi connectivity index (χ4n) is 2.85. The molecule has 0 amide bonds. The molecule has 1 aliphatic heterocycles. The van der Waals surface area contributed by atoms with Crippen molar-refractivity contribution in [3.63, 3.8) is 0 Å². The zero-order valence-electron chi connectivity index (χ0n) is 13.5. The standard InChI is InChI=1S/C15H24N4O3/c1-19(2)11-15(4-8-22-9-5-15)10-18-13-12(14(20)21-3)16-6-7-17-13/h6-7H,4-5,8-11H2,1-3H3,(H,17,18). The maximum absolute atomic E-state index is 11.8. The molecule has 0 unspecified atom stereocenters. The number of aromatic nitrogens is 2. The van der Waals surface area contributed by atoms with E-state index in [1.54, 1.807) is 6.20 Å². The van der Waals surface area contributed by atoms with Gasteiger partial charge in [0.1, 0.15) is 0 Å². The van der Waals surface area contributed by atoms with Crippen LogP contribution in [0.1, 0.15) is 23.3 Å². The zero-order valence-corrected chi connectivity index (χ0v) is 13.5. The van der Waals surface area contributed by atoms with Gasteiger partial charge in [0.2, 0.25) is 0 Å². The van der Waals surface area contributed by atoms with Gasteiger partial charge < -0.3 is 19.7 Å². The summed E-state index contributed by atoms with van der Waals surface area (Å²) in [6.45, 7) is 3.20. The molecular formula is C15H24N4O3. The number of nitrogens with zero attached hydrogens (tertiary/aromatic N) is 3. The van der Waals surface area contributed by atoms with Crippen LogP contribution in [0.5, 0.6) is 0 Å². The lowest BCUT2D eigenvalue weighted by atomic mass is 9.79. The van der Waals surface area contributed by atoms with Crippen molar-refractivity contribution < 1.29 is 14.3 Å². The SMILES string of the molecule is COC(=O)c1nccnc1NCC1(CN(C)C)CCOCC1. The van der Waals surface area contributed by atoms with Crippen LogP contribution in [0.4, 0.5) is 5.82 Å². The molecule has 1 N–H and O–H groups in total. The molecule has 7 nitrogen and oxygen atoms in total. The molecule has 7 heteroatoms. The minimum atomic E-state index is -0.482. The highest BCUT2D eigenvalue weighted by Gasteiger charge is 2.33. The Bertz CT molecular complexity index is 501. The van der Waals surface area contributed by atoms with Crippen molar-refractivity contribution in [2.45, 2.75) is 12.8 Å². The van der Waals surface area contributed by atoms with E-state index in [4.69, 9.17) is 9.47 Å². The predicted octanol–water partition coefficient (Wildman–Crippen LogP) is 1.03. The molecule has 1 saturated heterocycles. The number of methoxy groups -OCH3 is 1. The van der Waals surface area contributed by atoms with Crippen molar-refractivity contribution in [3.05, 3.63) is 18.1 Å². The molecule has 2 rings (SSSR count). The Morgan fingerprint density at radius 1 is 1.36 bits per heavy atom. The fraction of sp³-hybridized carbons (Fsp3) is 0.667. The summed E-state index contributed by atoms with van der Waals surface area (Å²) in [5.41, 5.74) is 0.323. The summed E-state index contributed by atoms with van der Waals surface area (Å²) in [4.78, 5) is 22.2. The van der Waals surface area contributed by atoms with Crippen molar-refractivity contribution in [2.75, 3.05) is 52.8 Å². The van der Waals surface area contributed by atoms with Crippen LogP contribution in [0.2, 0.25) is 0 Å². The van der Waals surface area contributed by atoms with E-state index in [0.717, 1.165) is 39.1 Å². The molecule has 1 aromatic heterocycles. The molecule has 22 heavy (non-hydrogen) atoms. The van der Waals surface area contributed by atoms with Gasteiger partial charge in [-0.3, -0.25) is 0 Å². The van der Waals surface area contributed by atoms with E-state index in [0.29, 0.717) is 5.82 Å². The monoisotopic (exact) mass is 308 g/mol. The summed E-state index contributed by atoms with van der Waals surface area (Å²) in [5.74, 6) is -0.0109. The third kappa shape index (κ3) is 4.14. The lowest BCUT2D eigenvalue weighted by Crippen LogP contribution is -2.43.